The Labute approximate surface area is 133 Å². The molecule has 22 heavy (non-hydrogen) atoms. The van der Waals surface area contributed by atoms with Crippen molar-refractivity contribution in [3.05, 3.63) is 23.8 Å². The number of hydrogen-bond acceptors (Lipinski definition) is 4. The molecule has 1 aromatic carbocycles. The van der Waals surface area contributed by atoms with Gasteiger partial charge in [-0.25, -0.2) is 4.79 Å². The van der Waals surface area contributed by atoms with Crippen LogP contribution in [0.15, 0.2) is 18.2 Å². The number of aryl methyl sites for hydroxylation is 1. The summed E-state index contributed by atoms with van der Waals surface area (Å²) in [5.41, 5.74) is 7.22. The molecular formula is C17H28N2O3. The number of nitrogens with one attached hydrogen (secondary N) is 1. The standard InChI is InChI=1S/C17H28N2O3/c1-13-9-8-10-14(15(13)18)21-12-7-5-6-11-19-16(20)22-17(2,3)4/h8-10H,5-7,11-12,18H2,1-4H3,(H,19,20). The van der Waals surface area contributed by atoms with Gasteiger partial charge in [-0.05, 0) is 58.6 Å². The van der Waals surface area contributed by atoms with E-state index < -0.39 is 5.60 Å². The zero-order valence-corrected chi connectivity index (χ0v) is 14.1. The molecule has 0 aliphatic rings. The third-order valence-electron chi connectivity index (χ3n) is 3.03. The Morgan fingerprint density at radius 2 is 1.95 bits per heavy atom. The van der Waals surface area contributed by atoms with Crippen LogP contribution >= 0.6 is 0 Å². The summed E-state index contributed by atoms with van der Waals surface area (Å²) in [6, 6.07) is 5.78. The van der Waals surface area contributed by atoms with Gasteiger partial charge in [0, 0.05) is 6.54 Å². The lowest BCUT2D eigenvalue weighted by atomic mass is 10.2. The van der Waals surface area contributed by atoms with Crippen molar-refractivity contribution in [1.29, 1.82) is 0 Å². The van der Waals surface area contributed by atoms with Gasteiger partial charge in [0.1, 0.15) is 11.4 Å². The summed E-state index contributed by atoms with van der Waals surface area (Å²) in [6.45, 7) is 8.74. The molecule has 0 atom stereocenters. The number of alkyl carbamates (subject to hydrolysis) is 1. The molecule has 5 heteroatoms. The SMILES string of the molecule is Cc1cccc(OCCCCCNC(=O)OC(C)(C)C)c1N. The Morgan fingerprint density at radius 3 is 2.64 bits per heavy atom. The van der Waals surface area contributed by atoms with E-state index in [1.54, 1.807) is 0 Å². The highest BCUT2D eigenvalue weighted by atomic mass is 16.6. The van der Waals surface area contributed by atoms with E-state index >= 15 is 0 Å². The van der Waals surface area contributed by atoms with Crippen molar-refractivity contribution < 1.29 is 14.3 Å². The fourth-order valence-electron chi connectivity index (χ4n) is 1.87. The number of para-hydroxylation sites is 1. The molecule has 0 saturated carbocycles. The van der Waals surface area contributed by atoms with Gasteiger partial charge >= 0.3 is 6.09 Å². The molecule has 0 unspecified atom stereocenters. The molecule has 0 heterocycles. The van der Waals surface area contributed by atoms with Gasteiger partial charge in [-0.3, -0.25) is 0 Å². The van der Waals surface area contributed by atoms with Crippen LogP contribution in [0.1, 0.15) is 45.6 Å². The molecule has 3 N–H and O–H groups in total. The fraction of sp³-hybridized carbons (Fsp3) is 0.588. The van der Waals surface area contributed by atoms with Crippen LogP contribution in [0.3, 0.4) is 0 Å². The van der Waals surface area contributed by atoms with Crippen LogP contribution in [0.4, 0.5) is 10.5 Å². The Balaban J connectivity index is 2.09. The van der Waals surface area contributed by atoms with E-state index in [0.717, 1.165) is 30.6 Å². The highest BCUT2D eigenvalue weighted by Crippen LogP contribution is 2.24. The minimum Gasteiger partial charge on any atom is -0.491 e. The number of anilines is 1. The van der Waals surface area contributed by atoms with E-state index in [9.17, 15) is 4.79 Å². The van der Waals surface area contributed by atoms with E-state index in [1.807, 2.05) is 45.9 Å². The average molecular weight is 308 g/mol. The zero-order chi connectivity index (χ0) is 16.6. The largest absolute Gasteiger partial charge is 0.491 e. The molecule has 0 radical (unpaired) electrons. The normalized spacial score (nSPS) is 11.1. The van der Waals surface area contributed by atoms with E-state index in [-0.39, 0.29) is 6.09 Å². The minimum atomic E-state index is -0.453. The lowest BCUT2D eigenvalue weighted by Gasteiger charge is -2.19. The van der Waals surface area contributed by atoms with Crippen molar-refractivity contribution in [1.82, 2.24) is 5.32 Å². The summed E-state index contributed by atoms with van der Waals surface area (Å²) in [5, 5.41) is 2.74. The van der Waals surface area contributed by atoms with Crippen LogP contribution in [0.2, 0.25) is 0 Å². The Bertz CT molecular complexity index is 481. The van der Waals surface area contributed by atoms with Crippen molar-refractivity contribution in [3.8, 4) is 5.75 Å². The molecule has 0 bridgehead atoms. The quantitative estimate of drug-likeness (QED) is 0.595. The first-order chi connectivity index (χ1) is 10.3. The lowest BCUT2D eigenvalue weighted by Crippen LogP contribution is -2.33. The van der Waals surface area contributed by atoms with E-state index in [0.29, 0.717) is 18.8 Å². The Morgan fingerprint density at radius 1 is 1.23 bits per heavy atom. The van der Waals surface area contributed by atoms with E-state index in [4.69, 9.17) is 15.2 Å². The summed E-state index contributed by atoms with van der Waals surface area (Å²) < 4.78 is 10.8. The topological polar surface area (TPSA) is 73.6 Å². The zero-order valence-electron chi connectivity index (χ0n) is 14.1. The van der Waals surface area contributed by atoms with E-state index in [1.165, 1.54) is 0 Å². The Kier molecular flexibility index (Phi) is 7.02. The minimum absolute atomic E-state index is 0.365. The average Bonchev–Trinajstić information content (AvgIpc) is 2.40. The number of hydrogen-bond donors (Lipinski definition) is 2. The predicted octanol–water partition coefficient (Wildman–Crippen LogP) is 3.65. The molecular weight excluding hydrogens is 280 g/mol. The first-order valence-electron chi connectivity index (χ1n) is 7.74. The molecule has 0 aliphatic carbocycles. The summed E-state index contributed by atoms with van der Waals surface area (Å²) in [4.78, 5) is 11.4. The number of rotatable bonds is 7. The van der Waals surface area contributed by atoms with Crippen LogP contribution in [0.5, 0.6) is 5.75 Å². The van der Waals surface area contributed by atoms with Gasteiger partial charge in [0.25, 0.3) is 0 Å². The highest BCUT2D eigenvalue weighted by Gasteiger charge is 2.15. The molecule has 5 nitrogen and oxygen atoms in total. The lowest BCUT2D eigenvalue weighted by molar-refractivity contribution is 0.0527. The van der Waals surface area contributed by atoms with Gasteiger partial charge in [0.05, 0.1) is 12.3 Å². The first kappa shape index (κ1) is 18.1. The molecule has 124 valence electrons. The predicted molar refractivity (Wildman–Crippen MR) is 89.2 cm³/mol. The van der Waals surface area contributed by atoms with Crippen LogP contribution in [-0.4, -0.2) is 24.8 Å². The smallest absolute Gasteiger partial charge is 0.407 e. The summed E-state index contributed by atoms with van der Waals surface area (Å²) >= 11 is 0. The molecule has 1 aromatic rings. The van der Waals surface area contributed by atoms with E-state index in [2.05, 4.69) is 5.32 Å². The van der Waals surface area contributed by atoms with Crippen molar-refractivity contribution in [2.75, 3.05) is 18.9 Å². The second kappa shape index (κ2) is 8.51. The maximum atomic E-state index is 11.4. The second-order valence-electron chi connectivity index (χ2n) is 6.32. The fourth-order valence-corrected chi connectivity index (χ4v) is 1.87. The van der Waals surface area contributed by atoms with Crippen molar-refractivity contribution in [2.24, 2.45) is 0 Å². The number of unbranched alkanes of at least 4 members (excludes halogenated alkanes) is 2. The molecule has 0 aromatic heterocycles. The Hall–Kier alpha value is -1.91. The van der Waals surface area contributed by atoms with Gasteiger partial charge in [0.2, 0.25) is 0 Å². The number of benzene rings is 1. The second-order valence-corrected chi connectivity index (χ2v) is 6.32. The number of nitrogen functional groups attached to an aromatic ring is 1. The molecule has 0 spiro atoms. The summed E-state index contributed by atoms with van der Waals surface area (Å²) in [6.07, 6.45) is 2.42. The molecule has 0 saturated heterocycles. The van der Waals surface area contributed by atoms with Gasteiger partial charge in [0.15, 0.2) is 0 Å². The van der Waals surface area contributed by atoms with Crippen molar-refractivity contribution in [2.45, 2.75) is 52.6 Å². The molecule has 1 rings (SSSR count). The number of ether oxygens (including phenoxy) is 2. The summed E-state index contributed by atoms with van der Waals surface area (Å²) in [5.74, 6) is 0.742. The van der Waals surface area contributed by atoms with Crippen molar-refractivity contribution in [3.63, 3.8) is 0 Å². The number of carbonyl (C=O) groups is 1. The molecule has 0 fully saturated rings. The van der Waals surface area contributed by atoms with Crippen LogP contribution in [0, 0.1) is 6.92 Å². The molecule has 0 aliphatic heterocycles. The third kappa shape index (κ3) is 7.20. The maximum absolute atomic E-state index is 11.4. The van der Waals surface area contributed by atoms with Gasteiger partial charge in [-0.1, -0.05) is 12.1 Å². The monoisotopic (exact) mass is 308 g/mol. The summed E-state index contributed by atoms with van der Waals surface area (Å²) in [7, 11) is 0. The van der Waals surface area contributed by atoms with Gasteiger partial charge < -0.3 is 20.5 Å². The first-order valence-corrected chi connectivity index (χ1v) is 7.74. The number of nitrogens with two attached hydrogens (primary N) is 1. The van der Waals surface area contributed by atoms with Gasteiger partial charge in [-0.15, -0.1) is 0 Å². The highest BCUT2D eigenvalue weighted by molar-refractivity contribution is 5.67. The van der Waals surface area contributed by atoms with Crippen LogP contribution < -0.4 is 15.8 Å². The van der Waals surface area contributed by atoms with Crippen LogP contribution in [-0.2, 0) is 4.74 Å². The number of carbonyl (C=O) groups excluding carboxylic acids is 1. The maximum Gasteiger partial charge on any atom is 0.407 e. The van der Waals surface area contributed by atoms with Crippen molar-refractivity contribution >= 4 is 11.8 Å². The van der Waals surface area contributed by atoms with Crippen LogP contribution in [0.25, 0.3) is 0 Å². The molecule has 1 amide bonds. The van der Waals surface area contributed by atoms with Gasteiger partial charge in [-0.2, -0.15) is 0 Å². The number of amides is 1. The third-order valence-corrected chi connectivity index (χ3v) is 3.03.